The number of piperazine rings is 1. The summed E-state index contributed by atoms with van der Waals surface area (Å²) in [4.78, 5) is 7.24. The molecular weight excluding hydrogens is 259 g/mol. The van der Waals surface area contributed by atoms with Crippen LogP contribution in [0.15, 0.2) is 23.4 Å². The van der Waals surface area contributed by atoms with E-state index in [1.165, 1.54) is 0 Å². The zero-order chi connectivity index (χ0) is 13.9. The van der Waals surface area contributed by atoms with Crippen LogP contribution in [0, 0.1) is 5.82 Å². The first-order chi connectivity index (χ1) is 9.78. The number of halogens is 1. The third kappa shape index (κ3) is 2.62. The maximum Gasteiger partial charge on any atom is 0.147 e. The average Bonchev–Trinajstić information content (AvgIpc) is 2.97. The molecule has 3 N–H and O–H groups in total. The summed E-state index contributed by atoms with van der Waals surface area (Å²) >= 11 is 0. The van der Waals surface area contributed by atoms with E-state index >= 15 is 0 Å². The first-order valence-corrected chi connectivity index (χ1v) is 6.96. The van der Waals surface area contributed by atoms with Crippen LogP contribution in [0.5, 0.6) is 0 Å². The lowest BCUT2D eigenvalue weighted by Crippen LogP contribution is -2.43. The minimum Gasteiger partial charge on any atom is -0.390 e. The molecule has 0 spiro atoms. The van der Waals surface area contributed by atoms with Crippen LogP contribution in [-0.2, 0) is 4.84 Å². The smallest absolute Gasteiger partial charge is 0.147 e. The van der Waals surface area contributed by atoms with E-state index in [2.05, 4.69) is 15.4 Å². The molecule has 1 unspecified atom stereocenters. The van der Waals surface area contributed by atoms with Gasteiger partial charge in [-0.05, 0) is 12.1 Å². The second-order valence-electron chi connectivity index (χ2n) is 5.11. The molecule has 1 saturated heterocycles. The Morgan fingerprint density at radius 3 is 2.85 bits per heavy atom. The quantitative estimate of drug-likeness (QED) is 0.854. The Bertz CT molecular complexity index is 514. The molecule has 108 valence electrons. The average molecular weight is 278 g/mol. The maximum absolute atomic E-state index is 14.3. The molecule has 0 aromatic heterocycles. The van der Waals surface area contributed by atoms with Crippen molar-refractivity contribution in [2.24, 2.45) is 10.9 Å². The van der Waals surface area contributed by atoms with E-state index in [4.69, 9.17) is 10.6 Å². The van der Waals surface area contributed by atoms with Crippen molar-refractivity contribution < 1.29 is 9.23 Å². The molecule has 1 atom stereocenters. The summed E-state index contributed by atoms with van der Waals surface area (Å²) < 4.78 is 14.3. The largest absolute Gasteiger partial charge is 0.390 e. The molecule has 0 amide bonds. The molecule has 1 aromatic rings. The fourth-order valence-corrected chi connectivity index (χ4v) is 2.57. The van der Waals surface area contributed by atoms with E-state index in [1.54, 1.807) is 6.07 Å². The van der Waals surface area contributed by atoms with Crippen molar-refractivity contribution in [3.05, 3.63) is 29.6 Å². The van der Waals surface area contributed by atoms with E-state index in [-0.39, 0.29) is 11.9 Å². The van der Waals surface area contributed by atoms with Crippen molar-refractivity contribution in [3.63, 3.8) is 0 Å². The van der Waals surface area contributed by atoms with Gasteiger partial charge >= 0.3 is 0 Å². The van der Waals surface area contributed by atoms with Crippen LogP contribution in [-0.4, -0.2) is 44.5 Å². The van der Waals surface area contributed by atoms with Gasteiger partial charge in [0.2, 0.25) is 0 Å². The molecular formula is C14H19FN4O. The van der Waals surface area contributed by atoms with E-state index in [1.807, 2.05) is 12.1 Å². The maximum atomic E-state index is 14.3. The molecule has 5 nitrogen and oxygen atoms in total. The van der Waals surface area contributed by atoms with Gasteiger partial charge in [0.05, 0.1) is 11.4 Å². The number of benzene rings is 1. The number of nitrogens with zero attached hydrogens (tertiary/aromatic N) is 2. The van der Waals surface area contributed by atoms with Gasteiger partial charge in [-0.25, -0.2) is 4.39 Å². The number of anilines is 1. The van der Waals surface area contributed by atoms with Crippen LogP contribution < -0.4 is 16.0 Å². The van der Waals surface area contributed by atoms with Gasteiger partial charge in [0, 0.05) is 44.7 Å². The van der Waals surface area contributed by atoms with Crippen molar-refractivity contribution in [1.29, 1.82) is 0 Å². The Kier molecular flexibility index (Phi) is 3.84. The number of oxime groups is 1. The normalized spacial score (nSPS) is 22.6. The lowest BCUT2D eigenvalue weighted by atomic mass is 10.0. The van der Waals surface area contributed by atoms with Gasteiger partial charge in [-0.1, -0.05) is 11.2 Å². The summed E-state index contributed by atoms with van der Waals surface area (Å²) in [6, 6.07) is 5.27. The minimum absolute atomic E-state index is 0.0825. The highest BCUT2D eigenvalue weighted by molar-refractivity contribution is 6.01. The monoisotopic (exact) mass is 278 g/mol. The van der Waals surface area contributed by atoms with Crippen molar-refractivity contribution in [1.82, 2.24) is 5.32 Å². The molecule has 0 bridgehead atoms. The third-order valence-corrected chi connectivity index (χ3v) is 3.73. The summed E-state index contributed by atoms with van der Waals surface area (Å²) in [7, 11) is 0. The summed E-state index contributed by atoms with van der Waals surface area (Å²) in [5.41, 5.74) is 7.74. The Morgan fingerprint density at radius 2 is 2.20 bits per heavy atom. The van der Waals surface area contributed by atoms with Crippen LogP contribution in [0.2, 0.25) is 0 Å². The molecule has 2 aliphatic heterocycles. The van der Waals surface area contributed by atoms with Crippen LogP contribution in [0.1, 0.15) is 12.0 Å². The topological polar surface area (TPSA) is 62.9 Å². The lowest BCUT2D eigenvalue weighted by Gasteiger charge is -2.29. The first kappa shape index (κ1) is 13.3. The molecule has 2 heterocycles. The van der Waals surface area contributed by atoms with Gasteiger partial charge in [0.25, 0.3) is 0 Å². The van der Waals surface area contributed by atoms with E-state index in [0.29, 0.717) is 18.7 Å². The molecule has 20 heavy (non-hydrogen) atoms. The van der Waals surface area contributed by atoms with E-state index in [9.17, 15) is 4.39 Å². The number of nitrogens with one attached hydrogen (secondary N) is 1. The number of rotatable bonds is 3. The fraction of sp³-hybridized carbons (Fsp3) is 0.500. The van der Waals surface area contributed by atoms with Gasteiger partial charge in [0.15, 0.2) is 0 Å². The summed E-state index contributed by atoms with van der Waals surface area (Å²) in [6.07, 6.45) is 0.559. The molecule has 0 radical (unpaired) electrons. The van der Waals surface area contributed by atoms with Gasteiger partial charge in [-0.15, -0.1) is 0 Å². The van der Waals surface area contributed by atoms with Crippen molar-refractivity contribution in [2.45, 2.75) is 12.5 Å². The first-order valence-electron chi connectivity index (χ1n) is 6.96. The highest BCUT2D eigenvalue weighted by Gasteiger charge is 2.22. The molecule has 0 saturated carbocycles. The Morgan fingerprint density at radius 1 is 1.40 bits per heavy atom. The zero-order valence-electron chi connectivity index (χ0n) is 11.3. The van der Waals surface area contributed by atoms with Crippen molar-refractivity contribution in [3.8, 4) is 0 Å². The zero-order valence-corrected chi connectivity index (χ0v) is 11.3. The van der Waals surface area contributed by atoms with Crippen LogP contribution in [0.25, 0.3) is 0 Å². The minimum atomic E-state index is -0.205. The summed E-state index contributed by atoms with van der Waals surface area (Å²) in [6.45, 7) is 3.86. The predicted molar refractivity (Wildman–Crippen MR) is 76.6 cm³/mol. The lowest BCUT2D eigenvalue weighted by molar-refractivity contribution is 0.0918. The Labute approximate surface area is 117 Å². The van der Waals surface area contributed by atoms with Gasteiger partial charge in [0.1, 0.15) is 11.9 Å². The van der Waals surface area contributed by atoms with Gasteiger partial charge in [-0.2, -0.15) is 0 Å². The van der Waals surface area contributed by atoms with E-state index in [0.717, 1.165) is 37.5 Å². The SMILES string of the molecule is NCC1CC(c2ccc(N3CCNCC3)c(F)c2)=NO1. The van der Waals surface area contributed by atoms with Gasteiger partial charge < -0.3 is 20.8 Å². The van der Waals surface area contributed by atoms with Crippen molar-refractivity contribution in [2.75, 3.05) is 37.6 Å². The molecule has 2 aliphatic rings. The molecule has 6 heteroatoms. The number of hydrogen-bond donors (Lipinski definition) is 2. The Balaban J connectivity index is 1.77. The highest BCUT2D eigenvalue weighted by Crippen LogP contribution is 2.23. The highest BCUT2D eigenvalue weighted by atomic mass is 19.1. The molecule has 0 aliphatic carbocycles. The van der Waals surface area contributed by atoms with E-state index < -0.39 is 0 Å². The standard InChI is InChI=1S/C14H19FN4O/c15-12-7-10(13-8-11(9-16)20-18-13)1-2-14(12)19-5-3-17-4-6-19/h1-2,7,11,17H,3-6,8-9,16H2. The third-order valence-electron chi connectivity index (χ3n) is 3.73. The number of nitrogens with two attached hydrogens (primary N) is 1. The predicted octanol–water partition coefficient (Wildman–Crippen LogP) is 0.687. The molecule has 1 aromatic carbocycles. The summed E-state index contributed by atoms with van der Waals surface area (Å²) in [5.74, 6) is -0.205. The van der Waals surface area contributed by atoms with Crippen LogP contribution >= 0.6 is 0 Å². The molecule has 3 rings (SSSR count). The van der Waals surface area contributed by atoms with Crippen LogP contribution in [0.4, 0.5) is 10.1 Å². The van der Waals surface area contributed by atoms with Crippen LogP contribution in [0.3, 0.4) is 0 Å². The van der Waals surface area contributed by atoms with Crippen molar-refractivity contribution >= 4 is 11.4 Å². The molecule has 1 fully saturated rings. The second kappa shape index (κ2) is 5.76. The number of hydrogen-bond acceptors (Lipinski definition) is 5. The summed E-state index contributed by atoms with van der Waals surface area (Å²) in [5, 5.41) is 7.25. The Hall–Kier alpha value is -1.66. The fourth-order valence-electron chi connectivity index (χ4n) is 2.57. The van der Waals surface area contributed by atoms with Gasteiger partial charge in [-0.3, -0.25) is 0 Å². The second-order valence-corrected chi connectivity index (χ2v) is 5.11.